The summed E-state index contributed by atoms with van der Waals surface area (Å²) in [6.07, 6.45) is -0.499. The maximum absolute atomic E-state index is 12.8. The molecule has 3 aromatic rings. The van der Waals surface area contributed by atoms with Crippen LogP contribution in [0, 0.1) is 5.41 Å². The molecular formula is C26H29F3N4O. The Balaban J connectivity index is 1.78. The van der Waals surface area contributed by atoms with Crippen LogP contribution in [0.4, 0.5) is 18.9 Å². The van der Waals surface area contributed by atoms with Crippen LogP contribution in [-0.4, -0.2) is 41.9 Å². The van der Waals surface area contributed by atoms with Crippen molar-refractivity contribution in [3.63, 3.8) is 0 Å². The molecule has 180 valence electrons. The minimum Gasteiger partial charge on any atom is -0.383 e. The van der Waals surface area contributed by atoms with Crippen molar-refractivity contribution in [1.29, 1.82) is 5.41 Å². The van der Waals surface area contributed by atoms with Crippen molar-refractivity contribution in [2.45, 2.75) is 32.5 Å². The van der Waals surface area contributed by atoms with Gasteiger partial charge in [0, 0.05) is 54.5 Å². The van der Waals surface area contributed by atoms with Gasteiger partial charge >= 0.3 is 6.18 Å². The molecule has 0 saturated carbocycles. The Morgan fingerprint density at radius 3 is 2.38 bits per heavy atom. The molecule has 0 aliphatic carbocycles. The number of benzene rings is 2. The van der Waals surface area contributed by atoms with Gasteiger partial charge in [0.2, 0.25) is 0 Å². The van der Waals surface area contributed by atoms with Crippen molar-refractivity contribution in [1.82, 2.24) is 9.47 Å². The number of halogens is 3. The van der Waals surface area contributed by atoms with E-state index in [0.29, 0.717) is 28.4 Å². The Labute approximate surface area is 197 Å². The quantitative estimate of drug-likeness (QED) is 0.397. The number of likely N-dealkylation sites (N-methyl/N-ethyl adjacent to an activating group) is 1. The molecule has 1 atom stereocenters. The Hall–Kier alpha value is -3.39. The second-order valence-corrected chi connectivity index (χ2v) is 8.28. The van der Waals surface area contributed by atoms with Crippen LogP contribution in [0.1, 0.15) is 31.4 Å². The van der Waals surface area contributed by atoms with Crippen molar-refractivity contribution in [2.75, 3.05) is 25.5 Å². The van der Waals surface area contributed by atoms with E-state index in [9.17, 15) is 18.0 Å². The molecule has 3 rings (SSSR count). The van der Waals surface area contributed by atoms with Crippen LogP contribution in [0.5, 0.6) is 0 Å². The van der Waals surface area contributed by atoms with E-state index in [4.69, 9.17) is 5.41 Å². The fourth-order valence-electron chi connectivity index (χ4n) is 3.60. The Bertz CT molecular complexity index is 1190. The van der Waals surface area contributed by atoms with Gasteiger partial charge in [-0.05, 0) is 67.9 Å². The van der Waals surface area contributed by atoms with Crippen LogP contribution < -0.4 is 10.9 Å². The van der Waals surface area contributed by atoms with Gasteiger partial charge in [0.25, 0.3) is 5.56 Å². The van der Waals surface area contributed by atoms with Crippen molar-refractivity contribution in [3.05, 3.63) is 82.3 Å². The predicted molar refractivity (Wildman–Crippen MR) is 131 cm³/mol. The summed E-state index contributed by atoms with van der Waals surface area (Å²) in [5.74, 6) is 0. The van der Waals surface area contributed by atoms with Gasteiger partial charge in [-0.1, -0.05) is 19.1 Å². The van der Waals surface area contributed by atoms with E-state index in [0.717, 1.165) is 37.3 Å². The fraction of sp³-hybridized carbons (Fsp3) is 0.308. The van der Waals surface area contributed by atoms with Gasteiger partial charge in [0.15, 0.2) is 0 Å². The smallest absolute Gasteiger partial charge is 0.383 e. The number of hydrogen-bond donors (Lipinski definition) is 2. The first-order chi connectivity index (χ1) is 16.1. The van der Waals surface area contributed by atoms with E-state index in [2.05, 4.69) is 31.1 Å². The molecule has 5 nitrogen and oxygen atoms in total. The summed E-state index contributed by atoms with van der Waals surface area (Å²) in [6, 6.07) is 13.7. The van der Waals surface area contributed by atoms with Gasteiger partial charge in [0.1, 0.15) is 0 Å². The van der Waals surface area contributed by atoms with Crippen LogP contribution in [0.15, 0.2) is 65.6 Å². The summed E-state index contributed by atoms with van der Waals surface area (Å²) in [6.45, 7) is 5.92. The number of pyridine rings is 1. The van der Waals surface area contributed by atoms with Gasteiger partial charge in [-0.3, -0.25) is 9.36 Å². The number of rotatable bonds is 9. The van der Waals surface area contributed by atoms with Gasteiger partial charge in [-0.2, -0.15) is 13.2 Å². The van der Waals surface area contributed by atoms with Crippen molar-refractivity contribution in [2.24, 2.45) is 0 Å². The molecule has 0 bridgehead atoms. The highest BCUT2D eigenvalue weighted by atomic mass is 19.4. The molecule has 0 amide bonds. The van der Waals surface area contributed by atoms with Gasteiger partial charge < -0.3 is 15.6 Å². The second kappa shape index (κ2) is 10.7. The number of aromatic nitrogens is 1. The zero-order valence-corrected chi connectivity index (χ0v) is 19.5. The molecule has 0 radical (unpaired) electrons. The second-order valence-electron chi connectivity index (χ2n) is 8.28. The Morgan fingerprint density at radius 1 is 1.09 bits per heavy atom. The average molecular weight is 471 g/mol. The van der Waals surface area contributed by atoms with E-state index in [1.807, 2.05) is 6.07 Å². The van der Waals surface area contributed by atoms with E-state index < -0.39 is 11.7 Å². The SMILES string of the molecule is CC[C@H](C)N(C)CCNc1ccc(-n2ccc(-c3ccc(C(F)(F)F)cc3)cc2=O)cc1C=N. The molecule has 0 saturated heterocycles. The number of nitrogens with zero attached hydrogens (tertiary/aromatic N) is 2. The number of nitrogens with one attached hydrogen (secondary N) is 2. The third-order valence-corrected chi connectivity index (χ3v) is 6.06. The summed E-state index contributed by atoms with van der Waals surface area (Å²) in [5.41, 5.74) is 2.08. The summed E-state index contributed by atoms with van der Waals surface area (Å²) in [5, 5.41) is 11.1. The van der Waals surface area contributed by atoms with Crippen molar-refractivity contribution < 1.29 is 13.2 Å². The lowest BCUT2D eigenvalue weighted by atomic mass is 10.0. The molecule has 8 heteroatoms. The van der Waals surface area contributed by atoms with E-state index in [1.54, 1.807) is 24.4 Å². The predicted octanol–water partition coefficient (Wildman–Crippen LogP) is 5.66. The first-order valence-corrected chi connectivity index (χ1v) is 11.1. The van der Waals surface area contributed by atoms with Crippen molar-refractivity contribution >= 4 is 11.9 Å². The Kier molecular flexibility index (Phi) is 7.94. The fourth-order valence-corrected chi connectivity index (χ4v) is 3.60. The van der Waals surface area contributed by atoms with Crippen LogP contribution in [0.25, 0.3) is 16.8 Å². The summed E-state index contributed by atoms with van der Waals surface area (Å²) < 4.78 is 39.8. The van der Waals surface area contributed by atoms with E-state index in [-0.39, 0.29) is 5.56 Å². The first kappa shape index (κ1) is 25.2. The monoisotopic (exact) mass is 470 g/mol. The third kappa shape index (κ3) is 5.94. The van der Waals surface area contributed by atoms with E-state index >= 15 is 0 Å². The molecular weight excluding hydrogens is 441 g/mol. The van der Waals surface area contributed by atoms with Crippen LogP contribution in [0.3, 0.4) is 0 Å². The average Bonchev–Trinajstić information content (AvgIpc) is 2.83. The standard InChI is InChI=1S/C26H29F3N4O/c1-4-18(2)32(3)14-12-31-24-10-9-23(15-21(24)17-30)33-13-11-20(16-25(33)34)19-5-7-22(8-6-19)26(27,28)29/h5-11,13,15-18,30-31H,4,12,14H2,1-3H3/t18-/m0/s1. The molecule has 0 spiro atoms. The molecule has 0 unspecified atom stereocenters. The van der Waals surface area contributed by atoms with Crippen molar-refractivity contribution in [3.8, 4) is 16.8 Å². The molecule has 1 heterocycles. The summed E-state index contributed by atoms with van der Waals surface area (Å²) >= 11 is 0. The highest BCUT2D eigenvalue weighted by molar-refractivity contribution is 5.86. The van der Waals surface area contributed by atoms with E-state index in [1.165, 1.54) is 29.0 Å². The third-order valence-electron chi connectivity index (χ3n) is 6.06. The molecule has 2 aromatic carbocycles. The van der Waals surface area contributed by atoms with Gasteiger partial charge in [-0.25, -0.2) is 0 Å². The normalized spacial score (nSPS) is 12.6. The topological polar surface area (TPSA) is 61.1 Å². The molecule has 2 N–H and O–H groups in total. The number of hydrogen-bond acceptors (Lipinski definition) is 4. The molecule has 34 heavy (non-hydrogen) atoms. The lowest BCUT2D eigenvalue weighted by Gasteiger charge is -2.24. The largest absolute Gasteiger partial charge is 0.416 e. The summed E-state index contributed by atoms with van der Waals surface area (Å²) in [7, 11) is 2.08. The zero-order valence-electron chi connectivity index (χ0n) is 19.5. The van der Waals surface area contributed by atoms with Gasteiger partial charge in [0.05, 0.1) is 5.56 Å². The minimum atomic E-state index is -4.40. The number of anilines is 1. The highest BCUT2D eigenvalue weighted by Gasteiger charge is 2.30. The number of alkyl halides is 3. The molecule has 1 aromatic heterocycles. The lowest BCUT2D eigenvalue weighted by Crippen LogP contribution is -2.32. The first-order valence-electron chi connectivity index (χ1n) is 11.1. The molecule has 0 aliphatic heterocycles. The van der Waals surface area contributed by atoms with Gasteiger partial charge in [-0.15, -0.1) is 0 Å². The van der Waals surface area contributed by atoms with Crippen LogP contribution >= 0.6 is 0 Å². The van der Waals surface area contributed by atoms with Crippen LogP contribution in [0.2, 0.25) is 0 Å². The molecule has 0 fully saturated rings. The molecule has 0 aliphatic rings. The lowest BCUT2D eigenvalue weighted by molar-refractivity contribution is -0.137. The van der Waals surface area contributed by atoms with Crippen LogP contribution in [-0.2, 0) is 6.18 Å². The zero-order chi connectivity index (χ0) is 24.9. The minimum absolute atomic E-state index is 0.316. The Morgan fingerprint density at radius 2 is 1.79 bits per heavy atom. The summed E-state index contributed by atoms with van der Waals surface area (Å²) in [4.78, 5) is 15.0. The highest BCUT2D eigenvalue weighted by Crippen LogP contribution is 2.30. The maximum atomic E-state index is 12.8. The maximum Gasteiger partial charge on any atom is 0.416 e.